The topological polar surface area (TPSA) is 86.2 Å². The molecule has 8 nitrogen and oxygen atoms in total. The quantitative estimate of drug-likeness (QED) is 0.400. The third kappa shape index (κ3) is 3.79. The SMILES string of the molecule is Cc1ccc(C)c(Cn2c(N/N=C\c3ccccc3)nc3c2c(=O)n(C)c(=O)n3C)c1. The Morgan fingerprint density at radius 3 is 2.52 bits per heavy atom. The van der Waals surface area contributed by atoms with Gasteiger partial charge in [0.1, 0.15) is 0 Å². The van der Waals surface area contributed by atoms with Crippen LogP contribution in [0.15, 0.2) is 63.2 Å². The third-order valence-electron chi connectivity index (χ3n) is 5.36. The molecule has 0 amide bonds. The van der Waals surface area contributed by atoms with Crippen LogP contribution in [-0.2, 0) is 20.6 Å². The summed E-state index contributed by atoms with van der Waals surface area (Å²) in [5, 5.41) is 4.30. The Kier molecular flexibility index (Phi) is 5.29. The van der Waals surface area contributed by atoms with Crippen molar-refractivity contribution in [2.75, 3.05) is 5.43 Å². The lowest BCUT2D eigenvalue weighted by atomic mass is 10.1. The van der Waals surface area contributed by atoms with Gasteiger partial charge in [0.25, 0.3) is 5.56 Å². The summed E-state index contributed by atoms with van der Waals surface area (Å²) < 4.78 is 4.25. The van der Waals surface area contributed by atoms with Crippen LogP contribution in [0.3, 0.4) is 0 Å². The number of hydrogen-bond donors (Lipinski definition) is 1. The van der Waals surface area contributed by atoms with Crippen molar-refractivity contribution in [1.29, 1.82) is 0 Å². The Morgan fingerprint density at radius 2 is 1.77 bits per heavy atom. The van der Waals surface area contributed by atoms with Crippen molar-refractivity contribution in [3.8, 4) is 0 Å². The Hall–Kier alpha value is -3.94. The molecule has 2 aromatic heterocycles. The molecule has 0 bridgehead atoms. The molecule has 0 fully saturated rings. The van der Waals surface area contributed by atoms with Crippen LogP contribution in [-0.4, -0.2) is 24.9 Å². The molecule has 4 rings (SSSR count). The van der Waals surface area contributed by atoms with E-state index in [1.807, 2.05) is 44.2 Å². The van der Waals surface area contributed by atoms with Gasteiger partial charge in [-0.25, -0.2) is 10.2 Å². The molecule has 0 radical (unpaired) electrons. The first kappa shape index (κ1) is 20.3. The minimum absolute atomic E-state index is 0.316. The van der Waals surface area contributed by atoms with Crippen molar-refractivity contribution in [2.45, 2.75) is 20.4 Å². The fourth-order valence-corrected chi connectivity index (χ4v) is 3.53. The van der Waals surface area contributed by atoms with Crippen molar-refractivity contribution in [1.82, 2.24) is 18.7 Å². The van der Waals surface area contributed by atoms with Gasteiger partial charge in [-0.1, -0.05) is 54.1 Å². The number of aryl methyl sites for hydroxylation is 3. The second kappa shape index (κ2) is 8.06. The normalized spacial score (nSPS) is 11.5. The first-order chi connectivity index (χ1) is 14.9. The van der Waals surface area contributed by atoms with Crippen molar-refractivity contribution < 1.29 is 0 Å². The van der Waals surface area contributed by atoms with Gasteiger partial charge >= 0.3 is 5.69 Å². The third-order valence-corrected chi connectivity index (χ3v) is 5.36. The fourth-order valence-electron chi connectivity index (χ4n) is 3.53. The van der Waals surface area contributed by atoms with Gasteiger partial charge in [0.2, 0.25) is 5.95 Å². The lowest BCUT2D eigenvalue weighted by Gasteiger charge is -2.12. The second-order valence-corrected chi connectivity index (χ2v) is 7.61. The Bertz CT molecular complexity index is 1410. The molecular formula is C23H24N6O2. The zero-order valence-electron chi connectivity index (χ0n) is 18.0. The molecule has 0 saturated carbocycles. The Labute approximate surface area is 179 Å². The molecule has 158 valence electrons. The first-order valence-electron chi connectivity index (χ1n) is 9.93. The Balaban J connectivity index is 1.87. The van der Waals surface area contributed by atoms with E-state index in [1.54, 1.807) is 17.8 Å². The number of fused-ring (bicyclic) bond motifs is 1. The molecule has 0 unspecified atom stereocenters. The Morgan fingerprint density at radius 1 is 1.03 bits per heavy atom. The van der Waals surface area contributed by atoms with Gasteiger partial charge in [-0.3, -0.25) is 18.5 Å². The molecule has 0 spiro atoms. The number of benzene rings is 2. The zero-order valence-corrected chi connectivity index (χ0v) is 18.0. The van der Waals surface area contributed by atoms with Crippen LogP contribution in [0.25, 0.3) is 11.2 Å². The summed E-state index contributed by atoms with van der Waals surface area (Å²) in [6.07, 6.45) is 1.68. The average Bonchev–Trinajstić information content (AvgIpc) is 3.12. The number of hydrogen-bond acceptors (Lipinski definition) is 5. The highest BCUT2D eigenvalue weighted by Gasteiger charge is 2.19. The molecule has 2 heterocycles. The highest BCUT2D eigenvalue weighted by molar-refractivity contribution is 5.80. The summed E-state index contributed by atoms with van der Waals surface area (Å²) in [5.41, 5.74) is 7.02. The van der Waals surface area contributed by atoms with E-state index in [2.05, 4.69) is 33.7 Å². The summed E-state index contributed by atoms with van der Waals surface area (Å²) in [7, 11) is 3.08. The van der Waals surface area contributed by atoms with E-state index in [9.17, 15) is 9.59 Å². The first-order valence-corrected chi connectivity index (χ1v) is 9.93. The number of nitrogens with one attached hydrogen (secondary N) is 1. The summed E-state index contributed by atoms with van der Waals surface area (Å²) in [5.74, 6) is 0.390. The van der Waals surface area contributed by atoms with E-state index >= 15 is 0 Å². The molecule has 0 saturated heterocycles. The minimum atomic E-state index is -0.423. The lowest BCUT2D eigenvalue weighted by Crippen LogP contribution is -2.37. The smallest absolute Gasteiger partial charge is 0.298 e. The molecule has 4 aromatic rings. The second-order valence-electron chi connectivity index (χ2n) is 7.61. The number of imidazole rings is 1. The maximum absolute atomic E-state index is 13.0. The van der Waals surface area contributed by atoms with Gasteiger partial charge in [0.05, 0.1) is 12.8 Å². The highest BCUT2D eigenvalue weighted by Crippen LogP contribution is 2.20. The van der Waals surface area contributed by atoms with E-state index in [4.69, 9.17) is 0 Å². The number of hydrazone groups is 1. The number of aromatic nitrogens is 4. The predicted molar refractivity (Wildman–Crippen MR) is 123 cm³/mol. The van der Waals surface area contributed by atoms with Gasteiger partial charge in [-0.2, -0.15) is 10.1 Å². The van der Waals surface area contributed by atoms with Crippen LogP contribution in [0.1, 0.15) is 22.3 Å². The van der Waals surface area contributed by atoms with Gasteiger partial charge in [0, 0.05) is 14.1 Å². The van der Waals surface area contributed by atoms with Crippen molar-refractivity contribution in [2.24, 2.45) is 19.2 Å². The van der Waals surface area contributed by atoms with Crippen molar-refractivity contribution in [3.05, 3.63) is 91.6 Å². The number of rotatable bonds is 5. The van der Waals surface area contributed by atoms with Crippen molar-refractivity contribution in [3.63, 3.8) is 0 Å². The van der Waals surface area contributed by atoms with Gasteiger partial charge in [0.15, 0.2) is 11.2 Å². The van der Waals surface area contributed by atoms with E-state index in [0.717, 1.165) is 26.8 Å². The maximum atomic E-state index is 13.0. The number of anilines is 1. The molecular weight excluding hydrogens is 392 g/mol. The molecule has 2 aromatic carbocycles. The fraction of sp³-hybridized carbons (Fsp3) is 0.217. The van der Waals surface area contributed by atoms with Crippen LogP contribution >= 0.6 is 0 Å². The van der Waals surface area contributed by atoms with Gasteiger partial charge < -0.3 is 0 Å². The summed E-state index contributed by atoms with van der Waals surface area (Å²) in [6.45, 7) is 4.48. The van der Waals surface area contributed by atoms with Gasteiger partial charge in [-0.15, -0.1) is 0 Å². The summed E-state index contributed by atoms with van der Waals surface area (Å²) in [6, 6.07) is 15.9. The van der Waals surface area contributed by atoms with Crippen LogP contribution in [0.5, 0.6) is 0 Å². The summed E-state index contributed by atoms with van der Waals surface area (Å²) >= 11 is 0. The molecule has 0 aliphatic carbocycles. The average molecular weight is 416 g/mol. The standard InChI is InChI=1S/C23H24N6O2/c1-15-10-11-16(2)18(12-15)14-29-19-20(27(3)23(31)28(4)21(19)30)25-22(29)26-24-13-17-8-6-5-7-9-17/h5-13H,14H2,1-4H3,(H,25,26)/b24-13-. The zero-order chi connectivity index (χ0) is 22.1. The van der Waals surface area contributed by atoms with E-state index in [1.165, 1.54) is 11.6 Å². The summed E-state index contributed by atoms with van der Waals surface area (Å²) in [4.78, 5) is 29.9. The maximum Gasteiger partial charge on any atom is 0.332 e. The molecule has 8 heteroatoms. The van der Waals surface area contributed by atoms with Crippen LogP contribution in [0, 0.1) is 13.8 Å². The highest BCUT2D eigenvalue weighted by atomic mass is 16.2. The minimum Gasteiger partial charge on any atom is -0.298 e. The molecule has 0 atom stereocenters. The van der Waals surface area contributed by atoms with Crippen LogP contribution < -0.4 is 16.7 Å². The molecule has 31 heavy (non-hydrogen) atoms. The molecule has 1 N–H and O–H groups in total. The largest absolute Gasteiger partial charge is 0.332 e. The van der Waals surface area contributed by atoms with Crippen LogP contribution in [0.4, 0.5) is 5.95 Å². The number of nitrogens with zero attached hydrogens (tertiary/aromatic N) is 5. The van der Waals surface area contributed by atoms with E-state index in [0.29, 0.717) is 23.7 Å². The molecule has 0 aliphatic rings. The van der Waals surface area contributed by atoms with Crippen molar-refractivity contribution >= 4 is 23.3 Å². The lowest BCUT2D eigenvalue weighted by molar-refractivity contribution is 0.702. The van der Waals surface area contributed by atoms with E-state index < -0.39 is 11.2 Å². The van der Waals surface area contributed by atoms with Gasteiger partial charge in [-0.05, 0) is 30.5 Å². The predicted octanol–water partition coefficient (Wildman–Crippen LogP) is 2.54. The molecule has 0 aliphatic heterocycles. The van der Waals surface area contributed by atoms with E-state index in [-0.39, 0.29) is 0 Å². The monoisotopic (exact) mass is 416 g/mol. The van der Waals surface area contributed by atoms with Crippen LogP contribution in [0.2, 0.25) is 0 Å².